The summed E-state index contributed by atoms with van der Waals surface area (Å²) < 4.78 is 7.08. The summed E-state index contributed by atoms with van der Waals surface area (Å²) in [6, 6.07) is 7.89. The zero-order valence-electron chi connectivity index (χ0n) is 19.2. The zero-order valence-corrected chi connectivity index (χ0v) is 20.8. The van der Waals surface area contributed by atoms with Crippen molar-refractivity contribution in [3.8, 4) is 11.1 Å². The molecule has 0 aliphatic carbocycles. The molecule has 0 saturated carbocycles. The predicted molar refractivity (Wildman–Crippen MR) is 139 cm³/mol. The lowest BCUT2D eigenvalue weighted by Gasteiger charge is -2.08. The molecule has 0 aliphatic rings. The van der Waals surface area contributed by atoms with Gasteiger partial charge in [0.1, 0.15) is 5.82 Å². The maximum atomic E-state index is 12.9. The maximum absolute atomic E-state index is 12.9. The van der Waals surface area contributed by atoms with Crippen molar-refractivity contribution < 1.29 is 19.6 Å². The van der Waals surface area contributed by atoms with Gasteiger partial charge in [0.2, 0.25) is 5.82 Å². The second-order valence-electron chi connectivity index (χ2n) is 7.68. The minimum absolute atomic E-state index is 0.0848. The van der Waals surface area contributed by atoms with Gasteiger partial charge in [-0.05, 0) is 24.6 Å². The van der Waals surface area contributed by atoms with Crippen molar-refractivity contribution >= 4 is 46.4 Å². The molecule has 0 atom stereocenters. The number of nitrogens with one attached hydrogen (secondary N) is 2. The van der Waals surface area contributed by atoms with Crippen LogP contribution in [0.2, 0.25) is 10.0 Å². The molecule has 0 fully saturated rings. The minimum Gasteiger partial charge on any atom is -0.394 e. The molecule has 0 spiro atoms. The normalized spacial score (nSPS) is 10.9. The second-order valence-corrected chi connectivity index (χ2v) is 8.52. The van der Waals surface area contributed by atoms with Gasteiger partial charge in [-0.2, -0.15) is 0 Å². The molecular weight excluding hydrogens is 511 g/mol. The molecule has 2 aromatic heterocycles. The number of hydrogen-bond acceptors (Lipinski definition) is 8. The number of halogens is 2. The first-order chi connectivity index (χ1) is 17.3. The van der Waals surface area contributed by atoms with Crippen molar-refractivity contribution in [2.45, 2.75) is 13.0 Å². The Balaban J connectivity index is 1.68. The zero-order chi connectivity index (χ0) is 26.1. The van der Waals surface area contributed by atoms with Crippen molar-refractivity contribution in [2.75, 3.05) is 44.0 Å². The highest BCUT2D eigenvalue weighted by Crippen LogP contribution is 2.33. The number of amides is 1. The number of pyridine rings is 1. The monoisotopic (exact) mass is 536 g/mol. The number of nitrogen functional groups attached to an aromatic ring is 1. The van der Waals surface area contributed by atoms with Crippen molar-refractivity contribution in [3.05, 3.63) is 68.4 Å². The van der Waals surface area contributed by atoms with E-state index in [0.717, 1.165) is 0 Å². The van der Waals surface area contributed by atoms with Gasteiger partial charge in [-0.3, -0.25) is 14.9 Å². The Kier molecular flexibility index (Phi) is 9.88. The summed E-state index contributed by atoms with van der Waals surface area (Å²) in [6.07, 6.45) is 4.25. The lowest BCUT2D eigenvalue weighted by molar-refractivity contribution is -0.384. The smallest absolute Gasteiger partial charge is 0.311 e. The van der Waals surface area contributed by atoms with E-state index in [2.05, 4.69) is 15.6 Å². The van der Waals surface area contributed by atoms with Crippen molar-refractivity contribution in [3.63, 3.8) is 0 Å². The molecule has 0 bridgehead atoms. The van der Waals surface area contributed by atoms with Crippen molar-refractivity contribution in [1.82, 2.24) is 14.9 Å². The molecule has 192 valence electrons. The number of hydrogen-bond donors (Lipinski definition) is 4. The fourth-order valence-electron chi connectivity index (χ4n) is 3.44. The number of aromatic nitrogens is 2. The Bertz CT molecular complexity index is 1220. The Morgan fingerprint density at radius 3 is 2.67 bits per heavy atom. The number of nitrogens with zero attached hydrogens (tertiary/aromatic N) is 3. The molecule has 0 aliphatic heterocycles. The van der Waals surface area contributed by atoms with Gasteiger partial charge < -0.3 is 30.8 Å². The van der Waals surface area contributed by atoms with Crippen LogP contribution in [0.1, 0.15) is 16.8 Å². The lowest BCUT2D eigenvalue weighted by Crippen LogP contribution is -2.27. The van der Waals surface area contributed by atoms with E-state index >= 15 is 0 Å². The average molecular weight is 537 g/mol. The summed E-state index contributed by atoms with van der Waals surface area (Å²) >= 11 is 12.4. The van der Waals surface area contributed by atoms with Gasteiger partial charge in [-0.1, -0.05) is 29.3 Å². The number of aliphatic hydroxyl groups excluding tert-OH is 1. The Labute approximate surface area is 217 Å². The van der Waals surface area contributed by atoms with Crippen LogP contribution < -0.4 is 16.4 Å². The Morgan fingerprint density at radius 2 is 1.97 bits per heavy atom. The van der Waals surface area contributed by atoms with Crippen molar-refractivity contribution in [2.24, 2.45) is 0 Å². The fraction of sp³-hybridized carbons (Fsp3) is 0.304. The number of benzene rings is 1. The van der Waals surface area contributed by atoms with Crippen LogP contribution in [0.15, 0.2) is 42.7 Å². The molecule has 3 rings (SSSR count). The van der Waals surface area contributed by atoms with Crippen LogP contribution in [0.4, 0.5) is 17.3 Å². The third-order valence-electron chi connectivity index (χ3n) is 5.11. The molecule has 3 aromatic rings. The second kappa shape index (κ2) is 13.1. The van der Waals surface area contributed by atoms with Crippen LogP contribution in [0, 0.1) is 10.1 Å². The van der Waals surface area contributed by atoms with E-state index in [4.69, 9.17) is 38.8 Å². The van der Waals surface area contributed by atoms with Crippen LogP contribution >= 0.6 is 23.2 Å². The minimum atomic E-state index is -0.585. The van der Waals surface area contributed by atoms with Crippen molar-refractivity contribution in [1.29, 1.82) is 0 Å². The number of anilines is 2. The summed E-state index contributed by atoms with van der Waals surface area (Å²) in [4.78, 5) is 27.2. The number of ether oxygens (including phenoxy) is 1. The number of carbonyl (C=O) groups excluding carboxylic acids is 1. The first-order valence-electron chi connectivity index (χ1n) is 11.1. The molecule has 36 heavy (non-hydrogen) atoms. The molecule has 2 heterocycles. The number of nitrogens with two attached hydrogens (primary N) is 1. The predicted octanol–water partition coefficient (Wildman–Crippen LogP) is 3.59. The van der Waals surface area contributed by atoms with Crippen LogP contribution in [0.5, 0.6) is 0 Å². The summed E-state index contributed by atoms with van der Waals surface area (Å²) in [6.45, 7) is 1.76. The molecule has 5 N–H and O–H groups in total. The third-order valence-corrected chi connectivity index (χ3v) is 5.66. The molecule has 1 aromatic carbocycles. The summed E-state index contributed by atoms with van der Waals surface area (Å²) in [5, 5.41) is 26.5. The van der Waals surface area contributed by atoms with Crippen LogP contribution in [-0.4, -0.2) is 58.4 Å². The lowest BCUT2D eigenvalue weighted by atomic mass is 10.0. The maximum Gasteiger partial charge on any atom is 0.311 e. The quantitative estimate of drug-likeness (QED) is 0.146. The molecule has 0 unspecified atom stereocenters. The average Bonchev–Trinajstić information content (AvgIpc) is 3.25. The van der Waals surface area contributed by atoms with E-state index < -0.39 is 4.92 Å². The van der Waals surface area contributed by atoms with E-state index in [0.29, 0.717) is 52.1 Å². The number of rotatable bonds is 13. The van der Waals surface area contributed by atoms with Gasteiger partial charge in [0.25, 0.3) is 5.91 Å². The summed E-state index contributed by atoms with van der Waals surface area (Å²) in [5.41, 5.74) is 7.16. The van der Waals surface area contributed by atoms with Gasteiger partial charge in [0.05, 0.1) is 30.3 Å². The summed E-state index contributed by atoms with van der Waals surface area (Å²) in [5.74, 6) is -0.00826. The van der Waals surface area contributed by atoms with Gasteiger partial charge in [-0.25, -0.2) is 4.98 Å². The van der Waals surface area contributed by atoms with Crippen LogP contribution in [0.3, 0.4) is 0 Å². The molecule has 1 amide bonds. The van der Waals surface area contributed by atoms with E-state index in [1.165, 1.54) is 12.1 Å². The standard InChI is InChI=1S/C23H26Cl2N6O5/c24-15-2-3-16(19(25)12-15)17-13-30(14-18(17)23(33)28-7-10-36-11-9-32)8-1-6-27-21-5-4-20(31(34)35)22(26)29-21/h2-5,12-14,32H,1,6-11H2,(H,28,33)(H3,26,27,29). The first kappa shape index (κ1) is 27.2. The topological polar surface area (TPSA) is 158 Å². The van der Waals surface area contributed by atoms with Crippen LogP contribution in [-0.2, 0) is 11.3 Å². The number of carbonyl (C=O) groups is 1. The number of aliphatic hydroxyl groups is 1. The van der Waals surface area contributed by atoms with Crippen LogP contribution in [0.25, 0.3) is 11.1 Å². The number of nitro groups is 1. The first-order valence-corrected chi connectivity index (χ1v) is 11.8. The SMILES string of the molecule is Nc1nc(NCCCn2cc(C(=O)NCCOCCO)c(-c3ccc(Cl)cc3Cl)c2)ccc1[N+](=O)[O-]. The highest BCUT2D eigenvalue weighted by Gasteiger charge is 2.18. The Morgan fingerprint density at radius 1 is 1.17 bits per heavy atom. The van der Waals surface area contributed by atoms with Gasteiger partial charge >= 0.3 is 5.69 Å². The van der Waals surface area contributed by atoms with Gasteiger partial charge in [0.15, 0.2) is 0 Å². The summed E-state index contributed by atoms with van der Waals surface area (Å²) in [7, 11) is 0. The fourth-order valence-corrected chi connectivity index (χ4v) is 3.95. The molecule has 11 nitrogen and oxygen atoms in total. The molecule has 13 heteroatoms. The molecule has 0 radical (unpaired) electrons. The van der Waals surface area contributed by atoms with E-state index in [1.54, 1.807) is 24.4 Å². The highest BCUT2D eigenvalue weighted by atomic mass is 35.5. The molecule has 0 saturated heterocycles. The molecular formula is C23H26Cl2N6O5. The van der Waals surface area contributed by atoms with E-state index in [1.807, 2.05) is 10.8 Å². The van der Waals surface area contributed by atoms with Gasteiger partial charge in [-0.15, -0.1) is 0 Å². The van der Waals surface area contributed by atoms with E-state index in [-0.39, 0.29) is 43.8 Å². The van der Waals surface area contributed by atoms with Gasteiger partial charge in [0, 0.05) is 59.3 Å². The third kappa shape index (κ3) is 7.31. The number of aryl methyl sites for hydroxylation is 1. The largest absolute Gasteiger partial charge is 0.394 e. The Hall–Kier alpha value is -3.38. The highest BCUT2D eigenvalue weighted by molar-refractivity contribution is 6.36. The van der Waals surface area contributed by atoms with E-state index in [9.17, 15) is 14.9 Å².